The van der Waals surface area contributed by atoms with E-state index in [-0.39, 0.29) is 5.82 Å². The van der Waals surface area contributed by atoms with E-state index in [0.717, 1.165) is 37.4 Å². The van der Waals surface area contributed by atoms with Crippen LogP contribution in [0, 0.1) is 5.82 Å². The summed E-state index contributed by atoms with van der Waals surface area (Å²) in [4.78, 5) is 2.14. The van der Waals surface area contributed by atoms with Crippen LogP contribution in [-0.4, -0.2) is 19.6 Å². The molecule has 112 valence electrons. The molecule has 0 radical (unpaired) electrons. The first kappa shape index (κ1) is 15.1. The van der Waals surface area contributed by atoms with Gasteiger partial charge in [-0.05, 0) is 37.5 Å². The third kappa shape index (κ3) is 4.39. The largest absolute Gasteiger partial charge is 0.385 e. The number of nitrogens with zero attached hydrogens (tertiary/aromatic N) is 1. The van der Waals surface area contributed by atoms with E-state index >= 15 is 0 Å². The van der Waals surface area contributed by atoms with Gasteiger partial charge in [0.25, 0.3) is 0 Å². The van der Waals surface area contributed by atoms with Crippen molar-refractivity contribution in [1.82, 2.24) is 0 Å². The molecule has 1 saturated heterocycles. The Morgan fingerprint density at radius 3 is 2.55 bits per heavy atom. The van der Waals surface area contributed by atoms with E-state index in [4.69, 9.17) is 0 Å². The summed E-state index contributed by atoms with van der Waals surface area (Å²) in [6.07, 6.45) is 8.68. The van der Waals surface area contributed by atoms with Gasteiger partial charge in [-0.2, -0.15) is 0 Å². The molecule has 1 aliphatic rings. The third-order valence-electron chi connectivity index (χ3n) is 4.00. The molecule has 3 heteroatoms. The minimum Gasteiger partial charge on any atom is -0.385 e. The van der Waals surface area contributed by atoms with Gasteiger partial charge < -0.3 is 10.2 Å². The summed E-state index contributed by atoms with van der Waals surface area (Å²) in [7, 11) is 0. The van der Waals surface area contributed by atoms with Gasteiger partial charge in [0.05, 0.1) is 5.69 Å². The van der Waals surface area contributed by atoms with Crippen molar-refractivity contribution in [2.45, 2.75) is 51.9 Å². The maximum Gasteiger partial charge on any atom is 0.148 e. The summed E-state index contributed by atoms with van der Waals surface area (Å²) in [5, 5.41) is 3.32. The van der Waals surface area contributed by atoms with E-state index in [1.807, 2.05) is 12.1 Å². The molecule has 0 aliphatic carbocycles. The van der Waals surface area contributed by atoms with E-state index < -0.39 is 0 Å². The van der Waals surface area contributed by atoms with E-state index in [0.29, 0.717) is 0 Å². The Labute approximate surface area is 122 Å². The Bertz CT molecular complexity index is 400. The first-order valence-corrected chi connectivity index (χ1v) is 8.09. The van der Waals surface area contributed by atoms with Crippen LogP contribution in [0.15, 0.2) is 18.2 Å². The second-order valence-electron chi connectivity index (χ2n) is 5.70. The Kier molecular flexibility index (Phi) is 6.16. The average molecular weight is 278 g/mol. The zero-order chi connectivity index (χ0) is 14.2. The first-order valence-electron chi connectivity index (χ1n) is 8.09. The predicted molar refractivity (Wildman–Crippen MR) is 85.1 cm³/mol. The van der Waals surface area contributed by atoms with Crippen LogP contribution in [0.4, 0.5) is 15.8 Å². The smallest absolute Gasteiger partial charge is 0.148 e. The summed E-state index contributed by atoms with van der Waals surface area (Å²) >= 11 is 0. The fourth-order valence-electron chi connectivity index (χ4n) is 2.79. The summed E-state index contributed by atoms with van der Waals surface area (Å²) in [5.74, 6) is -0.0946. The summed E-state index contributed by atoms with van der Waals surface area (Å²) in [6, 6.07) is 5.56. The number of hydrogen-bond acceptors (Lipinski definition) is 2. The molecular weight excluding hydrogens is 251 g/mol. The van der Waals surface area contributed by atoms with Crippen LogP contribution in [0.25, 0.3) is 0 Å². The zero-order valence-corrected chi connectivity index (χ0v) is 12.6. The van der Waals surface area contributed by atoms with Gasteiger partial charge in [-0.3, -0.25) is 0 Å². The third-order valence-corrected chi connectivity index (χ3v) is 4.00. The fraction of sp³-hybridized carbons (Fsp3) is 0.647. The maximum absolute atomic E-state index is 14.1. The number of nitrogens with one attached hydrogen (secondary N) is 1. The molecule has 0 amide bonds. The molecule has 0 spiro atoms. The normalized spacial score (nSPS) is 14.8. The van der Waals surface area contributed by atoms with Gasteiger partial charge in [0.15, 0.2) is 0 Å². The topological polar surface area (TPSA) is 15.3 Å². The molecule has 0 saturated carbocycles. The van der Waals surface area contributed by atoms with Crippen LogP contribution in [0.1, 0.15) is 51.9 Å². The van der Waals surface area contributed by atoms with Crippen molar-refractivity contribution in [1.29, 1.82) is 0 Å². The highest BCUT2D eigenvalue weighted by atomic mass is 19.1. The monoisotopic (exact) mass is 278 g/mol. The highest BCUT2D eigenvalue weighted by Gasteiger charge is 2.15. The van der Waals surface area contributed by atoms with Crippen molar-refractivity contribution in [2.75, 3.05) is 29.9 Å². The van der Waals surface area contributed by atoms with Crippen LogP contribution >= 0.6 is 0 Å². The van der Waals surface area contributed by atoms with Gasteiger partial charge in [0.2, 0.25) is 0 Å². The van der Waals surface area contributed by atoms with Crippen molar-refractivity contribution in [3.8, 4) is 0 Å². The van der Waals surface area contributed by atoms with Crippen LogP contribution in [-0.2, 0) is 0 Å². The van der Waals surface area contributed by atoms with Crippen molar-refractivity contribution >= 4 is 11.4 Å². The second kappa shape index (κ2) is 8.13. The fourth-order valence-corrected chi connectivity index (χ4v) is 2.79. The molecule has 1 fully saturated rings. The molecule has 2 nitrogen and oxygen atoms in total. The average Bonchev–Trinajstić information content (AvgIpc) is 2.97. The van der Waals surface area contributed by atoms with Crippen molar-refractivity contribution in [2.24, 2.45) is 0 Å². The minimum atomic E-state index is -0.0946. The number of anilines is 2. The van der Waals surface area contributed by atoms with Gasteiger partial charge >= 0.3 is 0 Å². The summed E-state index contributed by atoms with van der Waals surface area (Å²) in [6.45, 7) is 5.14. The lowest BCUT2D eigenvalue weighted by molar-refractivity contribution is 0.622. The van der Waals surface area contributed by atoms with E-state index in [1.54, 1.807) is 6.07 Å². The molecule has 0 atom stereocenters. The van der Waals surface area contributed by atoms with E-state index in [2.05, 4.69) is 17.1 Å². The van der Waals surface area contributed by atoms with Gasteiger partial charge in [-0.1, -0.05) is 32.6 Å². The second-order valence-corrected chi connectivity index (χ2v) is 5.70. The van der Waals surface area contributed by atoms with Crippen LogP contribution in [0.3, 0.4) is 0 Å². The molecule has 1 heterocycles. The number of rotatable bonds is 8. The zero-order valence-electron chi connectivity index (χ0n) is 12.6. The van der Waals surface area contributed by atoms with Crippen molar-refractivity contribution in [3.05, 3.63) is 24.0 Å². The van der Waals surface area contributed by atoms with Crippen molar-refractivity contribution in [3.63, 3.8) is 0 Å². The molecule has 1 N–H and O–H groups in total. The van der Waals surface area contributed by atoms with Gasteiger partial charge in [-0.15, -0.1) is 0 Å². The Hall–Kier alpha value is -1.25. The number of benzene rings is 1. The molecule has 0 aromatic heterocycles. The number of halogens is 1. The van der Waals surface area contributed by atoms with Crippen LogP contribution < -0.4 is 10.2 Å². The predicted octanol–water partition coefficient (Wildman–Crippen LogP) is 4.81. The van der Waals surface area contributed by atoms with Crippen LogP contribution in [0.2, 0.25) is 0 Å². The van der Waals surface area contributed by atoms with Gasteiger partial charge in [-0.25, -0.2) is 4.39 Å². The number of hydrogen-bond donors (Lipinski definition) is 1. The lowest BCUT2D eigenvalue weighted by atomic mass is 10.1. The molecule has 1 aromatic carbocycles. The molecule has 2 rings (SSSR count). The standard InChI is InChI=1S/C17H27FN2/c1-2-3-4-5-6-11-19-15-9-10-17(16(18)14-15)20-12-7-8-13-20/h9-10,14,19H,2-8,11-13H2,1H3. The molecule has 0 unspecified atom stereocenters. The van der Waals surface area contributed by atoms with E-state index in [1.165, 1.54) is 38.5 Å². The Morgan fingerprint density at radius 1 is 1.10 bits per heavy atom. The van der Waals surface area contributed by atoms with Gasteiger partial charge in [0.1, 0.15) is 5.82 Å². The molecule has 1 aromatic rings. The highest BCUT2D eigenvalue weighted by molar-refractivity contribution is 5.56. The lowest BCUT2D eigenvalue weighted by Crippen LogP contribution is -2.19. The molecule has 20 heavy (non-hydrogen) atoms. The minimum absolute atomic E-state index is 0.0946. The number of unbranched alkanes of at least 4 members (excludes halogenated alkanes) is 4. The quantitative estimate of drug-likeness (QED) is 0.687. The summed E-state index contributed by atoms with van der Waals surface area (Å²) in [5.41, 5.74) is 1.66. The molecule has 1 aliphatic heterocycles. The highest BCUT2D eigenvalue weighted by Crippen LogP contribution is 2.26. The lowest BCUT2D eigenvalue weighted by Gasteiger charge is -2.19. The van der Waals surface area contributed by atoms with Gasteiger partial charge in [0, 0.05) is 25.3 Å². The molecular formula is C17H27FN2. The van der Waals surface area contributed by atoms with E-state index in [9.17, 15) is 4.39 Å². The Balaban J connectivity index is 1.77. The van der Waals surface area contributed by atoms with Crippen LogP contribution in [0.5, 0.6) is 0 Å². The first-order chi connectivity index (χ1) is 9.81. The van der Waals surface area contributed by atoms with Crippen molar-refractivity contribution < 1.29 is 4.39 Å². The maximum atomic E-state index is 14.1. The Morgan fingerprint density at radius 2 is 1.85 bits per heavy atom. The summed E-state index contributed by atoms with van der Waals surface area (Å²) < 4.78 is 14.1. The molecule has 0 bridgehead atoms. The SMILES string of the molecule is CCCCCCCNc1ccc(N2CCCC2)c(F)c1.